The van der Waals surface area contributed by atoms with Crippen LogP contribution in [0.25, 0.3) is 0 Å². The topological polar surface area (TPSA) is 37.3 Å². The van der Waals surface area contributed by atoms with Gasteiger partial charge in [-0.3, -0.25) is 0 Å². The van der Waals surface area contributed by atoms with Gasteiger partial charge in [-0.25, -0.2) is 0 Å². The summed E-state index contributed by atoms with van der Waals surface area (Å²) in [4.78, 5) is 0. The molecule has 2 unspecified atom stereocenters. The first-order valence-corrected chi connectivity index (χ1v) is 5.21. The molecule has 0 saturated heterocycles. The lowest BCUT2D eigenvalue weighted by Crippen LogP contribution is -2.02. The normalized spacial score (nSPS) is 15.5. The molecule has 0 aliphatic heterocycles. The molecule has 0 aromatic carbocycles. The van der Waals surface area contributed by atoms with E-state index in [2.05, 4.69) is 0 Å². The highest BCUT2D eigenvalue weighted by Gasteiger charge is 2.26. The molecule has 1 N–H and O–H groups in total. The van der Waals surface area contributed by atoms with Gasteiger partial charge in [0.2, 0.25) is 0 Å². The van der Waals surface area contributed by atoms with Crippen molar-refractivity contribution in [1.29, 1.82) is 0 Å². The molecule has 0 fully saturated rings. The summed E-state index contributed by atoms with van der Waals surface area (Å²) in [7, 11) is -1.38. The summed E-state index contributed by atoms with van der Waals surface area (Å²) < 4.78 is 11.1. The van der Waals surface area contributed by atoms with Crippen molar-refractivity contribution in [3.8, 4) is 0 Å². The third kappa shape index (κ3) is 3.97. The lowest BCUT2D eigenvalue weighted by atomic mass is 10.3. The van der Waals surface area contributed by atoms with E-state index in [1.54, 1.807) is 0 Å². The zero-order valence-electron chi connectivity index (χ0n) is 6.87. The van der Waals surface area contributed by atoms with Gasteiger partial charge in [0.05, 0.1) is 0 Å². The summed E-state index contributed by atoms with van der Waals surface area (Å²) in [6, 6.07) is 0. The third-order valence-electron chi connectivity index (χ3n) is 1.24. The van der Waals surface area contributed by atoms with Crippen molar-refractivity contribution in [3.05, 3.63) is 0 Å². The number of hydrogen-bond donors (Lipinski definition) is 1. The van der Waals surface area contributed by atoms with E-state index in [9.17, 15) is 4.57 Å². The Hall–Kier alpha value is 0.0600. The van der Waals surface area contributed by atoms with Gasteiger partial charge in [-0.15, -0.1) is 0 Å². The van der Waals surface area contributed by atoms with Gasteiger partial charge in [-0.1, -0.05) is 25.3 Å². The lowest BCUT2D eigenvalue weighted by Gasteiger charge is -1.97. The molecule has 3 heteroatoms. The Morgan fingerprint density at radius 2 is 2.00 bits per heavy atom. The molecular formula is C7H16O2P+. The van der Waals surface area contributed by atoms with Gasteiger partial charge in [0.1, 0.15) is 0 Å². The zero-order valence-corrected chi connectivity index (χ0v) is 7.77. The molecule has 0 aliphatic carbocycles. The molecule has 0 heterocycles. The van der Waals surface area contributed by atoms with Crippen LogP contribution in [0.3, 0.4) is 0 Å². The van der Waals surface area contributed by atoms with E-state index in [1.165, 1.54) is 0 Å². The van der Waals surface area contributed by atoms with E-state index in [-0.39, 0.29) is 0 Å². The molecule has 2 nitrogen and oxygen atoms in total. The van der Waals surface area contributed by atoms with Crippen LogP contribution in [-0.2, 0) is 4.57 Å². The van der Waals surface area contributed by atoms with Crippen LogP contribution >= 0.6 is 7.80 Å². The summed E-state index contributed by atoms with van der Waals surface area (Å²) in [5, 5.41) is 9.09. The molecule has 0 saturated carbocycles. The highest BCUT2D eigenvalue weighted by atomic mass is 31.1. The Kier molecular flexibility index (Phi) is 4.84. The molecule has 0 aromatic rings. The summed E-state index contributed by atoms with van der Waals surface area (Å²) in [5.74, 6) is -0.165. The van der Waals surface area contributed by atoms with E-state index in [0.717, 1.165) is 0 Å². The summed E-state index contributed by atoms with van der Waals surface area (Å²) in [6.07, 6.45) is 1.24. The number of rotatable bonds is 4. The number of aliphatic hydroxyl groups excluding tert-OH is 1. The smallest absolute Gasteiger partial charge is 0.351 e. The van der Waals surface area contributed by atoms with E-state index in [0.29, 0.717) is 18.5 Å². The fourth-order valence-electron chi connectivity index (χ4n) is 0.685. The molecule has 0 rings (SSSR count). The van der Waals surface area contributed by atoms with E-state index < -0.39 is 13.6 Å². The largest absolute Gasteiger partial charge is 0.370 e. The molecular weight excluding hydrogens is 147 g/mol. The zero-order chi connectivity index (χ0) is 8.15. The maximum absolute atomic E-state index is 11.1. The maximum Gasteiger partial charge on any atom is 0.370 e. The SMILES string of the molecule is CCC(O)[P+](=O)CC(C)C. The van der Waals surface area contributed by atoms with Crippen molar-refractivity contribution >= 4 is 7.80 Å². The van der Waals surface area contributed by atoms with Gasteiger partial charge in [-0.05, 0) is 5.92 Å². The minimum absolute atomic E-state index is 0.421. The molecule has 2 atom stereocenters. The maximum atomic E-state index is 11.1. The summed E-state index contributed by atoms with van der Waals surface area (Å²) in [6.45, 7) is 5.86. The second kappa shape index (κ2) is 4.81. The average molecular weight is 163 g/mol. The standard InChI is InChI=1S/C7H16O2P/c1-4-7(8)10(9)5-6(2)3/h6-8H,4-5H2,1-3H3/q+1. The van der Waals surface area contributed by atoms with E-state index in [1.807, 2.05) is 20.8 Å². The van der Waals surface area contributed by atoms with Crippen molar-refractivity contribution in [2.75, 3.05) is 6.16 Å². The third-order valence-corrected chi connectivity index (χ3v) is 3.36. The Morgan fingerprint density at radius 1 is 1.50 bits per heavy atom. The van der Waals surface area contributed by atoms with Crippen LogP contribution in [0.5, 0.6) is 0 Å². The molecule has 0 radical (unpaired) electrons. The van der Waals surface area contributed by atoms with Gasteiger partial charge in [0, 0.05) is 6.42 Å². The van der Waals surface area contributed by atoms with Crippen LogP contribution in [0, 0.1) is 5.92 Å². The Labute approximate surface area is 63.4 Å². The predicted octanol–water partition coefficient (Wildman–Crippen LogP) is 2.20. The minimum atomic E-state index is -1.38. The van der Waals surface area contributed by atoms with Gasteiger partial charge < -0.3 is 5.11 Å². The van der Waals surface area contributed by atoms with Crippen LogP contribution in [0.2, 0.25) is 0 Å². The van der Waals surface area contributed by atoms with Crippen molar-refractivity contribution in [2.45, 2.75) is 33.0 Å². The summed E-state index contributed by atoms with van der Waals surface area (Å²) >= 11 is 0. The van der Waals surface area contributed by atoms with Crippen molar-refractivity contribution < 1.29 is 9.67 Å². The molecule has 0 aliphatic rings. The second-order valence-electron chi connectivity index (χ2n) is 2.88. The first kappa shape index (κ1) is 10.1. The van der Waals surface area contributed by atoms with Gasteiger partial charge in [-0.2, -0.15) is 0 Å². The highest BCUT2D eigenvalue weighted by molar-refractivity contribution is 7.45. The van der Waals surface area contributed by atoms with Gasteiger partial charge >= 0.3 is 7.80 Å². The van der Waals surface area contributed by atoms with Gasteiger partial charge in [0.15, 0.2) is 6.16 Å². The molecule has 0 spiro atoms. The Bertz CT molecular complexity index is 112. The molecule has 10 heavy (non-hydrogen) atoms. The first-order chi connectivity index (χ1) is 4.57. The highest BCUT2D eigenvalue weighted by Crippen LogP contribution is 2.30. The second-order valence-corrected chi connectivity index (χ2v) is 4.68. The fraction of sp³-hybridized carbons (Fsp3) is 1.00. The van der Waals surface area contributed by atoms with Crippen molar-refractivity contribution in [2.24, 2.45) is 5.92 Å². The van der Waals surface area contributed by atoms with Crippen LogP contribution in [0.1, 0.15) is 27.2 Å². The van der Waals surface area contributed by atoms with Crippen molar-refractivity contribution in [1.82, 2.24) is 0 Å². The number of hydrogen-bond acceptors (Lipinski definition) is 2. The quantitative estimate of drug-likeness (QED) is 0.645. The van der Waals surface area contributed by atoms with Crippen LogP contribution in [0.15, 0.2) is 0 Å². The first-order valence-electron chi connectivity index (χ1n) is 3.69. The lowest BCUT2D eigenvalue weighted by molar-refractivity contribution is 0.247. The van der Waals surface area contributed by atoms with Crippen molar-refractivity contribution in [3.63, 3.8) is 0 Å². The summed E-state index contributed by atoms with van der Waals surface area (Å²) in [5.41, 5.74) is 0. The molecule has 0 amide bonds. The van der Waals surface area contributed by atoms with Crippen LogP contribution in [0.4, 0.5) is 0 Å². The number of aliphatic hydroxyl groups is 1. The van der Waals surface area contributed by atoms with Crippen LogP contribution in [-0.4, -0.2) is 17.1 Å². The predicted molar refractivity (Wildman–Crippen MR) is 43.6 cm³/mol. The molecule has 0 aromatic heterocycles. The monoisotopic (exact) mass is 163 g/mol. The molecule has 0 bridgehead atoms. The van der Waals surface area contributed by atoms with Crippen LogP contribution < -0.4 is 0 Å². The average Bonchev–Trinajstić information content (AvgIpc) is 1.85. The molecule has 60 valence electrons. The van der Waals surface area contributed by atoms with E-state index >= 15 is 0 Å². The van der Waals surface area contributed by atoms with E-state index in [4.69, 9.17) is 5.11 Å². The minimum Gasteiger partial charge on any atom is -0.351 e. The fourth-order valence-corrected chi connectivity index (χ4v) is 2.06. The Morgan fingerprint density at radius 3 is 2.30 bits per heavy atom. The Balaban J connectivity index is 3.62. The van der Waals surface area contributed by atoms with Gasteiger partial charge in [0.25, 0.3) is 5.85 Å².